The molecule has 0 saturated heterocycles. The number of unbranched alkanes of at least 4 members (excludes halogenated alkanes) is 72. The van der Waals surface area contributed by atoms with Gasteiger partial charge in [0, 0.05) is 0 Å². The standard InChI is InChI=1S/2C52H90O7S.Ca/c2*1-3-5-7-9-11-13-15-17-19-21-23-25-27-29-31-33-35-37-39-41-45-58-51(53)49-44-43-48(60(55,56)57)47-50(49)52(54)59-46-42-40-38-36-34-32-30-28-26-24-22-20-18-16-14-12-10-8-6-4-2;/h2*3-4,43-44,47H,1-2,5-42,45-46H2,(H,55,56,57);/q;;+2/p-2. The predicted molar refractivity (Wildman–Crippen MR) is 507 cm³/mol. The van der Waals surface area contributed by atoms with Crippen LogP contribution in [0.3, 0.4) is 0 Å². The molecule has 692 valence electrons. The van der Waals surface area contributed by atoms with Crippen molar-refractivity contribution < 1.29 is 64.1 Å². The molecule has 0 aliphatic carbocycles. The zero-order valence-corrected chi connectivity index (χ0v) is 81.3. The maximum atomic E-state index is 13.0. The van der Waals surface area contributed by atoms with Crippen LogP contribution in [-0.4, -0.2) is 114 Å². The van der Waals surface area contributed by atoms with Gasteiger partial charge in [0.15, 0.2) is 0 Å². The summed E-state index contributed by atoms with van der Waals surface area (Å²) in [6.45, 7) is 15.9. The third-order valence-corrected chi connectivity index (χ3v) is 25.2. The fraction of sp³-hybridized carbons (Fsp3) is 0.769. The molecule has 0 N–H and O–H groups in total. The smallest absolute Gasteiger partial charge is 0.744 e. The molecule has 17 heteroatoms. The summed E-state index contributed by atoms with van der Waals surface area (Å²) >= 11 is 0. The second kappa shape index (κ2) is 88.4. The normalized spacial score (nSPS) is 11.4. The molecule has 2 rings (SSSR count). The van der Waals surface area contributed by atoms with Crippen LogP contribution in [0.2, 0.25) is 0 Å². The molecule has 0 heterocycles. The number of benzene rings is 2. The molecule has 0 bridgehead atoms. The van der Waals surface area contributed by atoms with Crippen LogP contribution in [0.15, 0.2) is 96.8 Å². The van der Waals surface area contributed by atoms with Crippen molar-refractivity contribution in [3.8, 4) is 0 Å². The summed E-state index contributed by atoms with van der Waals surface area (Å²) in [6.07, 6.45) is 103. The van der Waals surface area contributed by atoms with Crippen LogP contribution in [0, 0.1) is 0 Å². The molecular weight excluding hydrogens is 1580 g/mol. The number of hydrogen-bond donors (Lipinski definition) is 0. The van der Waals surface area contributed by atoms with E-state index in [1.54, 1.807) is 0 Å². The Bertz CT molecular complexity index is 2820. The van der Waals surface area contributed by atoms with Gasteiger partial charge in [-0.05, 0) is 113 Å². The van der Waals surface area contributed by atoms with E-state index in [1.165, 1.54) is 385 Å². The van der Waals surface area contributed by atoms with Crippen molar-refractivity contribution in [1.29, 1.82) is 0 Å². The first kappa shape index (κ1) is 117. The summed E-state index contributed by atoms with van der Waals surface area (Å²) in [7, 11) is -9.64. The van der Waals surface area contributed by atoms with Crippen molar-refractivity contribution >= 4 is 81.9 Å². The number of carbonyl (C=O) groups excluding carboxylic acids is 4. The van der Waals surface area contributed by atoms with E-state index in [4.69, 9.17) is 18.9 Å². The van der Waals surface area contributed by atoms with Gasteiger partial charge in [-0.2, -0.15) is 0 Å². The van der Waals surface area contributed by atoms with E-state index < -0.39 is 53.9 Å². The summed E-state index contributed by atoms with van der Waals surface area (Å²) in [6, 6.07) is 6.31. The zero-order chi connectivity index (χ0) is 87.2. The second-order valence-electron chi connectivity index (χ2n) is 34.6. The quantitative estimate of drug-likeness (QED) is 0.0150. The maximum absolute atomic E-state index is 13.0. The van der Waals surface area contributed by atoms with Gasteiger partial charge in [-0.1, -0.05) is 435 Å². The average Bonchev–Trinajstić information content (AvgIpc) is 0.813. The Balaban J connectivity index is 0.00000236. The minimum Gasteiger partial charge on any atom is -0.744 e. The number of hydrogen-bond acceptors (Lipinski definition) is 14. The van der Waals surface area contributed by atoms with E-state index in [-0.39, 0.29) is 86.4 Å². The molecule has 0 spiro atoms. The predicted octanol–water partition coefficient (Wildman–Crippen LogP) is 31.8. The third kappa shape index (κ3) is 75.1. The fourth-order valence-corrected chi connectivity index (χ4v) is 16.9. The zero-order valence-electron chi connectivity index (χ0n) is 77.4. The minimum atomic E-state index is -4.82. The van der Waals surface area contributed by atoms with Crippen molar-refractivity contribution in [2.24, 2.45) is 0 Å². The van der Waals surface area contributed by atoms with Crippen LogP contribution in [0.5, 0.6) is 0 Å². The molecule has 2 aromatic carbocycles. The molecule has 0 atom stereocenters. The summed E-state index contributed by atoms with van der Waals surface area (Å²) in [5, 5.41) is 0. The minimum absolute atomic E-state index is 0. The topological polar surface area (TPSA) is 220 Å². The van der Waals surface area contributed by atoms with Gasteiger partial charge in [0.25, 0.3) is 0 Å². The van der Waals surface area contributed by atoms with Crippen LogP contribution in [0.4, 0.5) is 0 Å². The van der Waals surface area contributed by atoms with Crippen LogP contribution in [0.1, 0.15) is 529 Å². The molecule has 0 amide bonds. The Labute approximate surface area is 773 Å². The first-order valence-electron chi connectivity index (χ1n) is 49.9. The van der Waals surface area contributed by atoms with Gasteiger partial charge < -0.3 is 28.1 Å². The fourth-order valence-electron chi connectivity index (χ4n) is 15.9. The molecule has 0 unspecified atom stereocenters. The van der Waals surface area contributed by atoms with Crippen LogP contribution < -0.4 is 0 Å². The van der Waals surface area contributed by atoms with E-state index in [2.05, 4.69) is 26.3 Å². The molecule has 0 radical (unpaired) electrons. The molecule has 121 heavy (non-hydrogen) atoms. The largest absolute Gasteiger partial charge is 2.00 e. The Morgan fingerprint density at radius 2 is 0.339 bits per heavy atom. The van der Waals surface area contributed by atoms with Crippen molar-refractivity contribution in [1.82, 2.24) is 0 Å². The van der Waals surface area contributed by atoms with Gasteiger partial charge in [-0.25, -0.2) is 36.0 Å². The van der Waals surface area contributed by atoms with Gasteiger partial charge >= 0.3 is 61.6 Å². The number of carbonyl (C=O) groups is 4. The van der Waals surface area contributed by atoms with Gasteiger partial charge in [0.05, 0.1) is 58.5 Å². The number of esters is 4. The van der Waals surface area contributed by atoms with Gasteiger partial charge in [0.2, 0.25) is 0 Å². The van der Waals surface area contributed by atoms with Crippen molar-refractivity contribution in [2.75, 3.05) is 26.4 Å². The van der Waals surface area contributed by atoms with Crippen molar-refractivity contribution in [2.45, 2.75) is 498 Å². The summed E-state index contributed by atoms with van der Waals surface area (Å²) in [4.78, 5) is 50.7. The third-order valence-electron chi connectivity index (χ3n) is 23.6. The van der Waals surface area contributed by atoms with Crippen molar-refractivity contribution in [3.63, 3.8) is 0 Å². The van der Waals surface area contributed by atoms with Gasteiger partial charge in [-0.3, -0.25) is 0 Å². The summed E-state index contributed by atoms with van der Waals surface area (Å²) < 4.78 is 91.9. The average molecular weight is 1760 g/mol. The van der Waals surface area contributed by atoms with E-state index in [0.29, 0.717) is 25.7 Å². The maximum Gasteiger partial charge on any atom is 2.00 e. The molecule has 2 aromatic rings. The molecule has 0 saturated carbocycles. The number of rotatable bonds is 90. The van der Waals surface area contributed by atoms with Crippen LogP contribution in [0.25, 0.3) is 0 Å². The SMILES string of the molecule is C=CCCCCCCCCCCCCCCCCCCCCOC(=O)c1ccc(S(=O)(=O)[O-])cc1C(=O)OCCCCCCCCCCCCCCCCCCCCC=C.C=CCCCCCCCCCCCCCCCCCCCCOC(=O)c1ccc(S(=O)(=O)[O-])cc1C(=O)OCCCCCCCCCCCCCCCCCCCCC=C.[Ca+2]. The van der Waals surface area contributed by atoms with Gasteiger partial charge in [-0.15, -0.1) is 26.3 Å². The molecule has 0 fully saturated rings. The van der Waals surface area contributed by atoms with Crippen molar-refractivity contribution in [3.05, 3.63) is 109 Å². The number of allylic oxidation sites excluding steroid dienone is 4. The molecule has 0 aromatic heterocycles. The van der Waals surface area contributed by atoms with E-state index in [9.17, 15) is 45.1 Å². The van der Waals surface area contributed by atoms with Crippen LogP contribution in [-0.2, 0) is 39.2 Å². The summed E-state index contributed by atoms with van der Waals surface area (Å²) in [5.41, 5.74) is -0.662. The monoisotopic (exact) mass is 1760 g/mol. The molecule has 0 aliphatic rings. The van der Waals surface area contributed by atoms with E-state index >= 15 is 0 Å². The molecular formula is C104H178CaO14S2. The molecule has 14 nitrogen and oxygen atoms in total. The first-order valence-corrected chi connectivity index (χ1v) is 52.8. The Morgan fingerprint density at radius 3 is 0.471 bits per heavy atom. The van der Waals surface area contributed by atoms with Crippen LogP contribution >= 0.6 is 0 Å². The summed E-state index contributed by atoms with van der Waals surface area (Å²) in [5.74, 6) is -3.08. The van der Waals surface area contributed by atoms with Gasteiger partial charge in [0.1, 0.15) is 20.2 Å². The number of ether oxygens (including phenoxy) is 4. The Morgan fingerprint density at radius 1 is 0.215 bits per heavy atom. The Kier molecular flexibility index (Phi) is 85.7. The Hall–Kier alpha value is -3.64. The first-order chi connectivity index (χ1) is 58.6. The van der Waals surface area contributed by atoms with E-state index in [1.807, 2.05) is 24.3 Å². The van der Waals surface area contributed by atoms with E-state index in [0.717, 1.165) is 114 Å². The molecule has 0 aliphatic heterocycles. The second-order valence-corrected chi connectivity index (χ2v) is 37.4.